The fourth-order valence-corrected chi connectivity index (χ4v) is 7.11. The molecule has 7 nitrogen and oxygen atoms in total. The number of amides is 2. The van der Waals surface area contributed by atoms with E-state index in [1.54, 1.807) is 60.7 Å². The molecule has 1 aliphatic rings. The maximum absolute atomic E-state index is 15.1. The second-order valence-electron chi connectivity index (χ2n) is 11.5. The van der Waals surface area contributed by atoms with Gasteiger partial charge in [-0.2, -0.15) is 0 Å². The number of nitrogens with one attached hydrogen (secondary N) is 1. The smallest absolute Gasteiger partial charge is 0.264 e. The predicted molar refractivity (Wildman–Crippen MR) is 173 cm³/mol. The molecule has 0 bridgehead atoms. The number of sulfonamides is 1. The quantitative estimate of drug-likeness (QED) is 0.208. The van der Waals surface area contributed by atoms with Gasteiger partial charge in [0.15, 0.2) is 0 Å². The Balaban J connectivity index is 1.56. The number of carbonyl (C=O) groups excluding carboxylic acids is 2. The average Bonchev–Trinajstić information content (AvgIpc) is 3.56. The summed E-state index contributed by atoms with van der Waals surface area (Å²) in [5.74, 6) is -1.49. The molecule has 0 saturated heterocycles. The largest absolute Gasteiger partial charge is 0.352 e. The molecule has 9 heteroatoms. The number of para-hydroxylation sites is 1. The van der Waals surface area contributed by atoms with Crippen LogP contribution in [0.2, 0.25) is 0 Å². The normalized spacial score (nSPS) is 14.1. The number of hydrogen-bond donors (Lipinski definition) is 1. The Morgan fingerprint density at radius 2 is 1.44 bits per heavy atom. The number of anilines is 1. The third-order valence-electron chi connectivity index (χ3n) is 8.20. The number of hydrogen-bond acceptors (Lipinski definition) is 4. The molecule has 234 valence electrons. The Morgan fingerprint density at radius 1 is 0.844 bits per heavy atom. The van der Waals surface area contributed by atoms with Gasteiger partial charge in [-0.25, -0.2) is 12.8 Å². The Kier molecular flexibility index (Phi) is 10.3. The van der Waals surface area contributed by atoms with E-state index in [2.05, 4.69) is 5.32 Å². The van der Waals surface area contributed by atoms with Gasteiger partial charge < -0.3 is 10.2 Å². The van der Waals surface area contributed by atoms with E-state index in [4.69, 9.17) is 0 Å². The highest BCUT2D eigenvalue weighted by Crippen LogP contribution is 2.26. The molecule has 0 heterocycles. The number of benzene rings is 4. The SMILES string of the molecule is Cc1ccc(S(=O)(=O)N(CC(=O)N(Cc2ccccc2F)[C@H](Cc2ccccc2)C(=O)NC2CCCC2)c2ccccc2)cc1. The van der Waals surface area contributed by atoms with Crippen molar-refractivity contribution in [2.45, 2.75) is 62.6 Å². The lowest BCUT2D eigenvalue weighted by Gasteiger charge is -2.34. The summed E-state index contributed by atoms with van der Waals surface area (Å²) in [7, 11) is -4.19. The molecule has 2 amide bonds. The standard InChI is InChI=1S/C36H38FN3O4S/c1-27-20-22-32(23-21-27)45(43,44)40(31-17-6-3-7-18-31)26-35(41)39(25-29-14-8-11-19-33(29)37)34(24-28-12-4-2-5-13-28)36(42)38-30-15-9-10-16-30/h2-8,11-14,17-23,30,34H,9-10,15-16,24-26H2,1H3,(H,38,42)/t34-/m1/s1. The molecule has 1 N–H and O–H groups in total. The van der Waals surface area contributed by atoms with Gasteiger partial charge in [-0.15, -0.1) is 0 Å². The van der Waals surface area contributed by atoms with Crippen LogP contribution in [0.15, 0.2) is 114 Å². The van der Waals surface area contributed by atoms with E-state index in [-0.39, 0.29) is 35.4 Å². The van der Waals surface area contributed by atoms with Gasteiger partial charge in [0.2, 0.25) is 11.8 Å². The van der Waals surface area contributed by atoms with Gasteiger partial charge in [0.05, 0.1) is 10.6 Å². The van der Waals surface area contributed by atoms with E-state index in [0.717, 1.165) is 41.1 Å². The van der Waals surface area contributed by atoms with Crippen LogP contribution in [-0.4, -0.2) is 43.8 Å². The Morgan fingerprint density at radius 3 is 2.09 bits per heavy atom. The van der Waals surface area contributed by atoms with Crippen molar-refractivity contribution in [2.24, 2.45) is 0 Å². The van der Waals surface area contributed by atoms with Crippen LogP contribution in [0.1, 0.15) is 42.4 Å². The van der Waals surface area contributed by atoms with Crippen molar-refractivity contribution < 1.29 is 22.4 Å². The van der Waals surface area contributed by atoms with Crippen LogP contribution >= 0.6 is 0 Å². The van der Waals surface area contributed by atoms with Crippen molar-refractivity contribution in [1.82, 2.24) is 10.2 Å². The Hall–Kier alpha value is -4.50. The van der Waals surface area contributed by atoms with E-state index in [9.17, 15) is 18.0 Å². The number of rotatable bonds is 12. The van der Waals surface area contributed by atoms with E-state index < -0.39 is 34.3 Å². The van der Waals surface area contributed by atoms with Crippen LogP contribution in [0, 0.1) is 12.7 Å². The first-order valence-corrected chi connectivity index (χ1v) is 16.7. The number of nitrogens with zero attached hydrogens (tertiary/aromatic N) is 2. The summed E-state index contributed by atoms with van der Waals surface area (Å²) in [6.07, 6.45) is 3.89. The number of aryl methyl sites for hydroxylation is 1. The van der Waals surface area contributed by atoms with Crippen molar-refractivity contribution in [3.8, 4) is 0 Å². The van der Waals surface area contributed by atoms with Crippen LogP contribution in [0.3, 0.4) is 0 Å². The Bertz CT molecular complexity index is 1690. The third kappa shape index (κ3) is 7.97. The van der Waals surface area contributed by atoms with Crippen LogP contribution in [0.25, 0.3) is 0 Å². The summed E-state index contributed by atoms with van der Waals surface area (Å²) >= 11 is 0. The van der Waals surface area contributed by atoms with Gasteiger partial charge in [-0.3, -0.25) is 13.9 Å². The molecule has 45 heavy (non-hydrogen) atoms. The first-order valence-electron chi connectivity index (χ1n) is 15.2. The fourth-order valence-electron chi connectivity index (χ4n) is 5.69. The average molecular weight is 628 g/mol. The molecule has 0 radical (unpaired) electrons. The van der Waals surface area contributed by atoms with Crippen molar-refractivity contribution in [3.63, 3.8) is 0 Å². The monoisotopic (exact) mass is 627 g/mol. The number of halogens is 1. The van der Waals surface area contributed by atoms with Gasteiger partial charge in [0.25, 0.3) is 10.0 Å². The van der Waals surface area contributed by atoms with E-state index in [0.29, 0.717) is 5.69 Å². The molecule has 0 spiro atoms. The molecular weight excluding hydrogens is 589 g/mol. The first-order chi connectivity index (χ1) is 21.7. The lowest BCUT2D eigenvalue weighted by Crippen LogP contribution is -2.54. The molecular formula is C36H38FN3O4S. The zero-order valence-electron chi connectivity index (χ0n) is 25.3. The van der Waals surface area contributed by atoms with Crippen molar-refractivity contribution in [2.75, 3.05) is 10.8 Å². The van der Waals surface area contributed by atoms with E-state index in [1.807, 2.05) is 37.3 Å². The zero-order valence-corrected chi connectivity index (χ0v) is 26.1. The van der Waals surface area contributed by atoms with Crippen molar-refractivity contribution in [1.29, 1.82) is 0 Å². The predicted octanol–water partition coefficient (Wildman–Crippen LogP) is 6.03. The molecule has 1 fully saturated rings. The molecule has 0 aromatic heterocycles. The van der Waals surface area contributed by atoms with Gasteiger partial charge in [0.1, 0.15) is 18.4 Å². The summed E-state index contributed by atoms with van der Waals surface area (Å²) < 4.78 is 44.2. The van der Waals surface area contributed by atoms with E-state index in [1.165, 1.54) is 23.1 Å². The molecule has 1 saturated carbocycles. The molecule has 4 aromatic carbocycles. The molecule has 5 rings (SSSR count). The third-order valence-corrected chi connectivity index (χ3v) is 9.99. The fraction of sp³-hybridized carbons (Fsp3) is 0.278. The molecule has 0 unspecified atom stereocenters. The summed E-state index contributed by atoms with van der Waals surface area (Å²) in [6, 6.07) is 29.2. The summed E-state index contributed by atoms with van der Waals surface area (Å²) in [4.78, 5) is 29.8. The highest BCUT2D eigenvalue weighted by molar-refractivity contribution is 7.92. The molecule has 4 aromatic rings. The first kappa shape index (κ1) is 31.9. The highest BCUT2D eigenvalue weighted by atomic mass is 32.2. The summed E-state index contributed by atoms with van der Waals surface area (Å²) in [6.45, 7) is 1.06. The maximum atomic E-state index is 15.1. The van der Waals surface area contributed by atoms with E-state index >= 15 is 4.39 Å². The summed E-state index contributed by atoms with van der Waals surface area (Å²) in [5, 5.41) is 3.12. The topological polar surface area (TPSA) is 86.8 Å². The minimum absolute atomic E-state index is 0.0103. The van der Waals surface area contributed by atoms with Crippen molar-refractivity contribution >= 4 is 27.5 Å². The second-order valence-corrected chi connectivity index (χ2v) is 13.3. The second kappa shape index (κ2) is 14.5. The summed E-state index contributed by atoms with van der Waals surface area (Å²) in [5.41, 5.74) is 2.24. The zero-order chi connectivity index (χ0) is 31.8. The minimum atomic E-state index is -4.19. The highest BCUT2D eigenvalue weighted by Gasteiger charge is 2.35. The molecule has 1 aliphatic carbocycles. The van der Waals surface area contributed by atoms with Crippen LogP contribution in [-0.2, 0) is 32.6 Å². The number of carbonyl (C=O) groups is 2. The molecule has 1 atom stereocenters. The molecule has 0 aliphatic heterocycles. The van der Waals surface area contributed by atoms with Crippen molar-refractivity contribution in [3.05, 3.63) is 132 Å². The van der Waals surface area contributed by atoms with Crippen LogP contribution in [0.5, 0.6) is 0 Å². The lowest BCUT2D eigenvalue weighted by atomic mass is 10.0. The lowest BCUT2D eigenvalue weighted by molar-refractivity contribution is -0.140. The van der Waals surface area contributed by atoms with Gasteiger partial charge in [-0.1, -0.05) is 97.3 Å². The van der Waals surface area contributed by atoms with Gasteiger partial charge in [-0.05, 0) is 55.7 Å². The van der Waals surface area contributed by atoms with Crippen LogP contribution < -0.4 is 9.62 Å². The van der Waals surface area contributed by atoms with Crippen LogP contribution in [0.4, 0.5) is 10.1 Å². The van der Waals surface area contributed by atoms with Gasteiger partial charge >= 0.3 is 0 Å². The van der Waals surface area contributed by atoms with Gasteiger partial charge in [0, 0.05) is 24.6 Å². The minimum Gasteiger partial charge on any atom is -0.352 e. The Labute approximate surface area is 264 Å². The maximum Gasteiger partial charge on any atom is 0.264 e.